The molecule has 114 valence electrons. The number of nitrogens with zero attached hydrogens (tertiary/aromatic N) is 1. The molecule has 0 radical (unpaired) electrons. The van der Waals surface area contributed by atoms with Crippen molar-refractivity contribution in [1.29, 1.82) is 0 Å². The van der Waals surface area contributed by atoms with E-state index < -0.39 is 11.9 Å². The number of hydrogen-bond donors (Lipinski definition) is 2. The Bertz CT molecular complexity index is 374. The number of nitrogens with one attached hydrogen (secondary N) is 1. The van der Waals surface area contributed by atoms with Gasteiger partial charge < -0.3 is 20.1 Å². The van der Waals surface area contributed by atoms with Gasteiger partial charge in [0.05, 0.1) is 5.92 Å². The van der Waals surface area contributed by atoms with E-state index in [-0.39, 0.29) is 18.0 Å². The van der Waals surface area contributed by atoms with Crippen LogP contribution in [0.15, 0.2) is 0 Å². The van der Waals surface area contributed by atoms with Crippen molar-refractivity contribution >= 4 is 12.0 Å². The van der Waals surface area contributed by atoms with E-state index in [9.17, 15) is 14.7 Å². The molecule has 0 spiro atoms. The molecule has 2 rings (SSSR count). The molecule has 0 aromatic rings. The monoisotopic (exact) mass is 284 g/mol. The Balaban J connectivity index is 1.88. The van der Waals surface area contributed by atoms with Crippen molar-refractivity contribution in [2.24, 2.45) is 17.8 Å². The zero-order valence-electron chi connectivity index (χ0n) is 12.2. The summed E-state index contributed by atoms with van der Waals surface area (Å²) in [5.74, 6) is -0.617. The zero-order valence-corrected chi connectivity index (χ0v) is 12.2. The third-order valence-corrected chi connectivity index (χ3v) is 4.68. The first-order chi connectivity index (χ1) is 9.54. The fourth-order valence-electron chi connectivity index (χ4n) is 3.65. The molecule has 0 aromatic heterocycles. The number of carboxylic acid groups (broad SMARTS) is 1. The van der Waals surface area contributed by atoms with Crippen molar-refractivity contribution in [3.63, 3.8) is 0 Å². The fourth-order valence-corrected chi connectivity index (χ4v) is 3.65. The molecule has 4 unspecified atom stereocenters. The van der Waals surface area contributed by atoms with Gasteiger partial charge in [0.2, 0.25) is 0 Å². The minimum atomic E-state index is -0.774. The SMILES string of the molecule is COCCCN(C)C(=O)NC1C2CCC(C2)C1C(=O)O. The van der Waals surface area contributed by atoms with E-state index in [1.165, 1.54) is 0 Å². The summed E-state index contributed by atoms with van der Waals surface area (Å²) < 4.78 is 4.96. The highest BCUT2D eigenvalue weighted by Gasteiger charge is 2.51. The number of urea groups is 1. The molecule has 4 atom stereocenters. The molecule has 2 aliphatic rings. The molecule has 6 nitrogen and oxygen atoms in total. The van der Waals surface area contributed by atoms with Gasteiger partial charge in [-0.25, -0.2) is 4.79 Å². The molecule has 0 heterocycles. The summed E-state index contributed by atoms with van der Waals surface area (Å²) in [7, 11) is 3.36. The van der Waals surface area contributed by atoms with Crippen molar-refractivity contribution in [1.82, 2.24) is 10.2 Å². The maximum atomic E-state index is 12.1. The standard InChI is InChI=1S/C14H24N2O4/c1-16(6-3-7-20-2)14(19)15-12-10-5-4-9(8-10)11(12)13(17)18/h9-12H,3-8H2,1-2H3,(H,15,19)(H,17,18). The number of amides is 2. The molecule has 0 aromatic carbocycles. The molecule has 2 aliphatic carbocycles. The van der Waals surface area contributed by atoms with E-state index in [1.54, 1.807) is 19.1 Å². The molecule has 6 heteroatoms. The second-order valence-electron chi connectivity index (χ2n) is 5.94. The smallest absolute Gasteiger partial charge is 0.317 e. The molecule has 20 heavy (non-hydrogen) atoms. The molecule has 2 saturated carbocycles. The van der Waals surface area contributed by atoms with Crippen molar-refractivity contribution < 1.29 is 19.4 Å². The molecule has 0 aliphatic heterocycles. The van der Waals surface area contributed by atoms with Gasteiger partial charge in [-0.3, -0.25) is 4.79 Å². The topological polar surface area (TPSA) is 78.9 Å². The summed E-state index contributed by atoms with van der Waals surface area (Å²) in [6.07, 6.45) is 3.74. The van der Waals surface area contributed by atoms with E-state index >= 15 is 0 Å². The highest BCUT2D eigenvalue weighted by Crippen LogP contribution is 2.48. The van der Waals surface area contributed by atoms with Crippen LogP contribution in [-0.2, 0) is 9.53 Å². The summed E-state index contributed by atoms with van der Waals surface area (Å²) in [5.41, 5.74) is 0. The Kier molecular flexibility index (Phi) is 4.86. The Hall–Kier alpha value is -1.30. The average Bonchev–Trinajstić information content (AvgIpc) is 2.99. The molecule has 2 fully saturated rings. The lowest BCUT2D eigenvalue weighted by Gasteiger charge is -2.30. The van der Waals surface area contributed by atoms with E-state index in [4.69, 9.17) is 4.74 Å². The van der Waals surface area contributed by atoms with Gasteiger partial charge in [-0.2, -0.15) is 0 Å². The first kappa shape index (κ1) is 15.1. The van der Waals surface area contributed by atoms with E-state index in [0.717, 1.165) is 25.7 Å². The average molecular weight is 284 g/mol. The number of carbonyl (C=O) groups is 2. The molecule has 2 bridgehead atoms. The van der Waals surface area contributed by atoms with Gasteiger partial charge in [0.25, 0.3) is 0 Å². The minimum absolute atomic E-state index is 0.176. The lowest BCUT2D eigenvalue weighted by Crippen LogP contribution is -2.50. The third-order valence-electron chi connectivity index (χ3n) is 4.68. The van der Waals surface area contributed by atoms with Crippen LogP contribution in [0.1, 0.15) is 25.7 Å². The Labute approximate surface area is 119 Å². The summed E-state index contributed by atoms with van der Waals surface area (Å²) in [6.45, 7) is 1.22. The first-order valence-electron chi connectivity index (χ1n) is 7.28. The van der Waals surface area contributed by atoms with Crippen molar-refractivity contribution in [3.8, 4) is 0 Å². The van der Waals surface area contributed by atoms with Crippen LogP contribution < -0.4 is 5.32 Å². The number of rotatable bonds is 6. The molecule has 2 N–H and O–H groups in total. The van der Waals surface area contributed by atoms with Gasteiger partial charge in [-0.15, -0.1) is 0 Å². The van der Waals surface area contributed by atoms with Gasteiger partial charge in [-0.05, 0) is 37.5 Å². The van der Waals surface area contributed by atoms with Crippen LogP contribution in [-0.4, -0.2) is 55.4 Å². The first-order valence-corrected chi connectivity index (χ1v) is 7.28. The molecular weight excluding hydrogens is 260 g/mol. The highest BCUT2D eigenvalue weighted by molar-refractivity contribution is 5.77. The summed E-state index contributed by atoms with van der Waals surface area (Å²) >= 11 is 0. The quantitative estimate of drug-likeness (QED) is 0.717. The maximum absolute atomic E-state index is 12.1. The van der Waals surface area contributed by atoms with Crippen LogP contribution in [0, 0.1) is 17.8 Å². The van der Waals surface area contributed by atoms with Crippen molar-refractivity contribution in [3.05, 3.63) is 0 Å². The number of ether oxygens (including phenoxy) is 1. The third kappa shape index (κ3) is 3.06. The van der Waals surface area contributed by atoms with Gasteiger partial charge in [0.1, 0.15) is 0 Å². The number of methoxy groups -OCH3 is 1. The zero-order chi connectivity index (χ0) is 14.7. The van der Waals surface area contributed by atoms with Gasteiger partial charge in [-0.1, -0.05) is 0 Å². The van der Waals surface area contributed by atoms with Crippen LogP contribution in [0.25, 0.3) is 0 Å². The van der Waals surface area contributed by atoms with Crippen LogP contribution in [0.5, 0.6) is 0 Å². The summed E-state index contributed by atoms with van der Waals surface area (Å²) in [4.78, 5) is 25.1. The fraction of sp³-hybridized carbons (Fsp3) is 0.857. The lowest BCUT2D eigenvalue weighted by molar-refractivity contribution is -0.144. The number of fused-ring (bicyclic) bond motifs is 2. The van der Waals surface area contributed by atoms with Crippen molar-refractivity contribution in [2.45, 2.75) is 31.7 Å². The van der Waals surface area contributed by atoms with Crippen molar-refractivity contribution in [2.75, 3.05) is 27.3 Å². The lowest BCUT2D eigenvalue weighted by atomic mass is 9.84. The summed E-state index contributed by atoms with van der Waals surface area (Å²) in [6, 6.07) is -0.381. The predicted molar refractivity (Wildman–Crippen MR) is 73.4 cm³/mol. The van der Waals surface area contributed by atoms with Crippen LogP contribution in [0.3, 0.4) is 0 Å². The van der Waals surface area contributed by atoms with Gasteiger partial charge in [0, 0.05) is 33.4 Å². The maximum Gasteiger partial charge on any atom is 0.317 e. The molecular formula is C14H24N2O4. The number of carbonyl (C=O) groups excluding carboxylic acids is 1. The Morgan fingerprint density at radius 3 is 2.70 bits per heavy atom. The van der Waals surface area contributed by atoms with Crippen LogP contribution >= 0.6 is 0 Å². The number of aliphatic carboxylic acids is 1. The second-order valence-corrected chi connectivity index (χ2v) is 5.94. The van der Waals surface area contributed by atoms with Gasteiger partial charge >= 0.3 is 12.0 Å². The largest absolute Gasteiger partial charge is 0.481 e. The number of hydrogen-bond acceptors (Lipinski definition) is 3. The van der Waals surface area contributed by atoms with Crippen LogP contribution in [0.4, 0.5) is 4.79 Å². The number of carboxylic acids is 1. The normalized spacial score (nSPS) is 31.3. The second kappa shape index (κ2) is 6.43. The minimum Gasteiger partial charge on any atom is -0.481 e. The molecule has 0 saturated heterocycles. The van der Waals surface area contributed by atoms with Gasteiger partial charge in [0.15, 0.2) is 0 Å². The van der Waals surface area contributed by atoms with E-state index in [1.807, 2.05) is 0 Å². The van der Waals surface area contributed by atoms with Crippen LogP contribution in [0.2, 0.25) is 0 Å². The molecule has 2 amide bonds. The Morgan fingerprint density at radius 2 is 2.05 bits per heavy atom. The summed E-state index contributed by atoms with van der Waals surface area (Å²) in [5, 5.41) is 12.3. The predicted octanol–water partition coefficient (Wildman–Crippen LogP) is 1.16. The van der Waals surface area contributed by atoms with E-state index in [2.05, 4.69) is 5.32 Å². The Morgan fingerprint density at radius 1 is 1.35 bits per heavy atom. The highest BCUT2D eigenvalue weighted by atomic mass is 16.5. The van der Waals surface area contributed by atoms with E-state index in [0.29, 0.717) is 19.1 Å².